The van der Waals surface area contributed by atoms with Gasteiger partial charge in [0.05, 0.1) is 47.3 Å². The summed E-state index contributed by atoms with van der Waals surface area (Å²) in [5.41, 5.74) is -2.18. The first-order chi connectivity index (χ1) is 34.4. The van der Waals surface area contributed by atoms with Gasteiger partial charge >= 0.3 is 24.0 Å². The van der Waals surface area contributed by atoms with E-state index in [9.17, 15) is 47.9 Å². The van der Waals surface area contributed by atoms with E-state index in [1.54, 1.807) is 125 Å². The van der Waals surface area contributed by atoms with Crippen molar-refractivity contribution in [1.29, 1.82) is 0 Å². The highest BCUT2D eigenvalue weighted by Crippen LogP contribution is 2.31. The fourth-order valence-electron chi connectivity index (χ4n) is 8.49. The Morgan fingerprint density at radius 3 is 1.91 bits per heavy atom. The third kappa shape index (κ3) is 19.2. The fourth-order valence-corrected chi connectivity index (χ4v) is 8.49. The van der Waals surface area contributed by atoms with Crippen molar-refractivity contribution in [3.63, 3.8) is 0 Å². The van der Waals surface area contributed by atoms with E-state index in [4.69, 9.17) is 18.9 Å². The first-order valence-electron chi connectivity index (χ1n) is 25.3. The summed E-state index contributed by atoms with van der Waals surface area (Å²) in [4.78, 5) is 143. The molecule has 0 spiro atoms. The molecule has 1 saturated heterocycles. The zero-order chi connectivity index (χ0) is 55.3. The Hall–Kier alpha value is -6.79. The lowest BCUT2D eigenvalue weighted by molar-refractivity contribution is -0.158. The number of amides is 3. The molecule has 404 valence electrons. The highest BCUT2D eigenvalue weighted by Gasteiger charge is 2.37. The molecular formula is C55H75N5O14. The van der Waals surface area contributed by atoms with Crippen molar-refractivity contribution in [3.8, 4) is 17.1 Å². The van der Waals surface area contributed by atoms with E-state index in [1.165, 1.54) is 11.8 Å². The van der Waals surface area contributed by atoms with Gasteiger partial charge in [-0.15, -0.1) is 0 Å². The molecule has 2 heterocycles. The first-order valence-corrected chi connectivity index (χ1v) is 25.3. The van der Waals surface area contributed by atoms with E-state index in [-0.39, 0.29) is 49.2 Å². The van der Waals surface area contributed by atoms with Crippen molar-refractivity contribution in [3.05, 3.63) is 58.9 Å². The van der Waals surface area contributed by atoms with E-state index < -0.39 is 125 Å². The zero-order valence-corrected chi connectivity index (χ0v) is 45.0. The van der Waals surface area contributed by atoms with Gasteiger partial charge in [0.15, 0.2) is 11.6 Å². The van der Waals surface area contributed by atoms with Crippen LogP contribution in [0.3, 0.4) is 0 Å². The molecule has 0 unspecified atom stereocenters. The van der Waals surface area contributed by atoms with Gasteiger partial charge in [0.1, 0.15) is 34.2 Å². The number of benzene rings is 2. The molecule has 19 heteroatoms. The van der Waals surface area contributed by atoms with E-state index in [0.29, 0.717) is 35.9 Å². The summed E-state index contributed by atoms with van der Waals surface area (Å²) < 4.78 is 22.3. The van der Waals surface area contributed by atoms with Crippen LogP contribution in [-0.4, -0.2) is 110 Å². The van der Waals surface area contributed by atoms with Crippen LogP contribution in [0.1, 0.15) is 147 Å². The first kappa shape index (κ1) is 59.8. The van der Waals surface area contributed by atoms with E-state index in [1.807, 2.05) is 0 Å². The van der Waals surface area contributed by atoms with Gasteiger partial charge in [0.2, 0.25) is 11.8 Å². The second-order valence-electron chi connectivity index (χ2n) is 22.2. The second kappa shape index (κ2) is 25.9. The van der Waals surface area contributed by atoms with E-state index in [2.05, 4.69) is 20.6 Å². The van der Waals surface area contributed by atoms with Crippen LogP contribution in [0.15, 0.2) is 53.3 Å². The molecule has 4 rings (SSSR count). The molecule has 74 heavy (non-hydrogen) atoms. The van der Waals surface area contributed by atoms with Crippen molar-refractivity contribution in [2.24, 2.45) is 17.8 Å². The Kier molecular flexibility index (Phi) is 20.9. The van der Waals surface area contributed by atoms with Crippen LogP contribution in [0.25, 0.3) is 22.3 Å². The number of Topliss-reactive ketones (excluding diaryl/α,β-unsaturated/α-hetero) is 3. The van der Waals surface area contributed by atoms with Crippen LogP contribution in [-0.2, 0) is 52.6 Å². The van der Waals surface area contributed by atoms with Gasteiger partial charge in [-0.1, -0.05) is 38.1 Å². The van der Waals surface area contributed by atoms with E-state index in [0.717, 1.165) is 0 Å². The molecule has 3 amide bonds. The number of hydrogen-bond acceptors (Lipinski definition) is 15. The van der Waals surface area contributed by atoms with Gasteiger partial charge in [-0.05, 0) is 125 Å². The quantitative estimate of drug-likeness (QED) is 0.0622. The molecule has 0 radical (unpaired) electrons. The van der Waals surface area contributed by atoms with Crippen LogP contribution in [0.5, 0.6) is 5.75 Å². The summed E-state index contributed by atoms with van der Waals surface area (Å²) in [6.45, 7) is 19.9. The molecule has 0 aliphatic carbocycles. The second-order valence-corrected chi connectivity index (χ2v) is 22.2. The number of fused-ring (bicyclic) bond motifs is 1. The maximum Gasteiger partial charge on any atom is 0.415 e. The molecular weight excluding hydrogens is 955 g/mol. The third-order valence-corrected chi connectivity index (χ3v) is 11.8. The van der Waals surface area contributed by atoms with Crippen molar-refractivity contribution in [1.82, 2.24) is 25.5 Å². The van der Waals surface area contributed by atoms with Gasteiger partial charge in [-0.2, -0.15) is 0 Å². The summed E-state index contributed by atoms with van der Waals surface area (Å²) in [5.74, 6) is -7.78. The van der Waals surface area contributed by atoms with Crippen LogP contribution < -0.4 is 20.9 Å². The molecule has 1 fully saturated rings. The van der Waals surface area contributed by atoms with Gasteiger partial charge in [0.25, 0.3) is 5.56 Å². The molecule has 1 aliphatic rings. The average molecular weight is 1030 g/mol. The Bertz CT molecular complexity index is 2600. The fraction of sp³-hybridized carbons (Fsp3) is 0.582. The van der Waals surface area contributed by atoms with Crippen LogP contribution in [0, 0.1) is 17.8 Å². The standard InChI is InChI=1S/C55H75N5O14/c1-32(2)38(30-43(63)40(24-26-45(64)72-53(4,5)6)57-49(67)34(28-33(3)61)29-46(65)73-54(7,8)9)51(69)58-41(31-47(66)74-55(10,11)12)42(62)25-23-35-18-17-27-60(35)52(70)71-44-22-16-14-20-37(44)48-56-39-21-15-13-19-36(39)50(68)59-48/h13-16,19-22,32,34-35,38,40-41H,17-18,23-31H2,1-12H3,(H,57,67)(H,58,69)(H,56,59,68)/t34-,35-,38-,40-,41-/m0/s1. The highest BCUT2D eigenvalue weighted by molar-refractivity contribution is 5.97. The summed E-state index contributed by atoms with van der Waals surface area (Å²) in [6.07, 6.45) is -1.93. The molecule has 19 nitrogen and oxygen atoms in total. The van der Waals surface area contributed by atoms with Gasteiger partial charge in [-0.3, -0.25) is 38.4 Å². The number of aromatic amines is 1. The smallest absolute Gasteiger partial charge is 0.415 e. The molecule has 5 atom stereocenters. The molecule has 2 aromatic carbocycles. The Balaban J connectivity index is 1.53. The van der Waals surface area contributed by atoms with E-state index >= 15 is 0 Å². The monoisotopic (exact) mass is 1030 g/mol. The minimum absolute atomic E-state index is 0.152. The topological polar surface area (TPSA) is 264 Å². The van der Waals surface area contributed by atoms with Crippen LogP contribution in [0.4, 0.5) is 4.79 Å². The average Bonchev–Trinajstić information content (AvgIpc) is 3.75. The number of carbonyl (C=O) groups is 9. The minimum Gasteiger partial charge on any atom is -0.460 e. The number of hydrogen-bond donors (Lipinski definition) is 3. The van der Waals surface area contributed by atoms with Crippen molar-refractivity contribution >= 4 is 64.1 Å². The highest BCUT2D eigenvalue weighted by atomic mass is 16.6. The van der Waals surface area contributed by atoms with Gasteiger partial charge < -0.3 is 44.3 Å². The SMILES string of the molecule is CC(=O)C[C@@H](CC(=O)OC(C)(C)C)C(=O)N[C@@H](CCC(=O)OC(C)(C)C)C(=O)C[C@H](C(=O)N[C@@H](CC(=O)OC(C)(C)C)C(=O)CC[C@@H]1CCCN1C(=O)Oc1ccccc1-c1nc2ccccc2c(=O)[nH]1)C(C)C. The van der Waals surface area contributed by atoms with Gasteiger partial charge in [0, 0.05) is 44.2 Å². The van der Waals surface area contributed by atoms with Crippen LogP contribution in [0.2, 0.25) is 0 Å². The maximum absolute atomic E-state index is 14.3. The van der Waals surface area contributed by atoms with Crippen molar-refractivity contribution < 1.29 is 62.1 Å². The third-order valence-electron chi connectivity index (χ3n) is 11.8. The number of ether oxygens (including phenoxy) is 4. The number of likely N-dealkylation sites (tertiary alicyclic amines) is 1. The lowest BCUT2D eigenvalue weighted by Crippen LogP contribution is -2.49. The summed E-state index contributed by atoms with van der Waals surface area (Å²) >= 11 is 0. The molecule has 1 aromatic heterocycles. The lowest BCUT2D eigenvalue weighted by atomic mass is 9.86. The summed E-state index contributed by atoms with van der Waals surface area (Å²) in [5, 5.41) is 5.74. The Morgan fingerprint density at radius 1 is 0.703 bits per heavy atom. The molecule has 0 bridgehead atoms. The number of carbonyl (C=O) groups excluding carboxylic acids is 9. The maximum atomic E-state index is 14.3. The lowest BCUT2D eigenvalue weighted by Gasteiger charge is -2.28. The molecule has 0 saturated carbocycles. The Morgan fingerprint density at radius 2 is 1.28 bits per heavy atom. The molecule has 3 aromatic rings. The number of esters is 3. The van der Waals surface area contributed by atoms with Crippen molar-refractivity contribution in [2.75, 3.05) is 6.54 Å². The largest absolute Gasteiger partial charge is 0.460 e. The predicted molar refractivity (Wildman–Crippen MR) is 274 cm³/mol. The van der Waals surface area contributed by atoms with Crippen LogP contribution >= 0.6 is 0 Å². The van der Waals surface area contributed by atoms with Gasteiger partial charge in [-0.25, -0.2) is 9.78 Å². The number of rotatable bonds is 23. The molecule has 3 N–H and O–H groups in total. The normalized spacial score (nSPS) is 15.6. The predicted octanol–water partition coefficient (Wildman–Crippen LogP) is 7.28. The number of para-hydroxylation sites is 2. The zero-order valence-electron chi connectivity index (χ0n) is 45.0. The molecule has 1 aliphatic heterocycles. The number of nitrogens with zero attached hydrogens (tertiary/aromatic N) is 2. The summed E-state index contributed by atoms with van der Waals surface area (Å²) in [6, 6.07) is 10.3. The summed E-state index contributed by atoms with van der Waals surface area (Å²) in [7, 11) is 0. The minimum atomic E-state index is -1.40. The number of H-pyrrole nitrogens is 1. The number of aromatic nitrogens is 2. The number of ketones is 3. The Labute approximate surface area is 432 Å². The van der Waals surface area contributed by atoms with Crippen molar-refractivity contribution in [2.45, 2.75) is 182 Å². The number of nitrogens with one attached hydrogen (secondary N) is 3.